The van der Waals surface area contributed by atoms with Crippen molar-refractivity contribution in [2.45, 2.75) is 56.9 Å². The highest BCUT2D eigenvalue weighted by Gasteiger charge is 2.59. The maximum atomic E-state index is 15.2. The second-order valence-electron chi connectivity index (χ2n) is 12.3. The molecule has 6 unspecified atom stereocenters. The van der Waals surface area contributed by atoms with E-state index in [9.17, 15) is 15.0 Å². The SMILES string of the molecule is CCC(C)C(=O)NC1CCCN1C(=O)C1C(c2ccccc2)COc2cc3c(c(OC)c2C1(O)C(O)c1ccc(OC)cc1)OCO3. The van der Waals surface area contributed by atoms with Gasteiger partial charge in [-0.05, 0) is 42.5 Å². The molecule has 1 fully saturated rings. The molecule has 250 valence electrons. The van der Waals surface area contributed by atoms with E-state index in [0.29, 0.717) is 42.9 Å². The highest BCUT2D eigenvalue weighted by molar-refractivity contribution is 5.85. The van der Waals surface area contributed by atoms with Crippen LogP contribution < -0.4 is 29.0 Å². The van der Waals surface area contributed by atoms with Crippen molar-refractivity contribution in [1.82, 2.24) is 10.2 Å². The zero-order chi connectivity index (χ0) is 33.3. The van der Waals surface area contributed by atoms with Gasteiger partial charge in [0.1, 0.15) is 29.4 Å². The predicted octanol–water partition coefficient (Wildman–Crippen LogP) is 4.26. The summed E-state index contributed by atoms with van der Waals surface area (Å²) >= 11 is 0. The number of aliphatic hydroxyl groups excluding tert-OH is 1. The number of aliphatic hydroxyl groups is 2. The molecule has 3 aliphatic heterocycles. The average Bonchev–Trinajstić information content (AvgIpc) is 3.75. The van der Waals surface area contributed by atoms with Crippen molar-refractivity contribution >= 4 is 11.8 Å². The molecule has 3 aliphatic rings. The lowest BCUT2D eigenvalue weighted by atomic mass is 9.67. The lowest BCUT2D eigenvalue weighted by molar-refractivity contribution is -0.167. The summed E-state index contributed by atoms with van der Waals surface area (Å²) in [6.45, 7) is 4.07. The smallest absolute Gasteiger partial charge is 0.231 e. The minimum absolute atomic E-state index is 0.00834. The Morgan fingerprint density at radius 1 is 1.04 bits per heavy atom. The number of hydrogen-bond donors (Lipinski definition) is 3. The summed E-state index contributed by atoms with van der Waals surface area (Å²) in [5.74, 6) is -1.41. The molecule has 3 aromatic carbocycles. The average molecular weight is 647 g/mol. The number of ether oxygens (including phenoxy) is 5. The van der Waals surface area contributed by atoms with Crippen LogP contribution in [-0.4, -0.2) is 67.3 Å². The molecule has 0 saturated carbocycles. The van der Waals surface area contributed by atoms with Gasteiger partial charge >= 0.3 is 0 Å². The normalized spacial score (nSPS) is 24.4. The first-order valence-electron chi connectivity index (χ1n) is 16.1. The maximum absolute atomic E-state index is 15.2. The van der Waals surface area contributed by atoms with Crippen LogP contribution in [0.3, 0.4) is 0 Å². The summed E-state index contributed by atoms with van der Waals surface area (Å²) in [4.78, 5) is 29.8. The van der Waals surface area contributed by atoms with Gasteiger partial charge in [-0.3, -0.25) is 9.59 Å². The summed E-state index contributed by atoms with van der Waals surface area (Å²) in [5, 5.41) is 28.9. The van der Waals surface area contributed by atoms with Crippen molar-refractivity contribution in [1.29, 1.82) is 0 Å². The van der Waals surface area contributed by atoms with Gasteiger partial charge in [-0.2, -0.15) is 0 Å². The molecule has 3 aromatic rings. The lowest BCUT2D eigenvalue weighted by Crippen LogP contribution is -2.56. The van der Waals surface area contributed by atoms with Crippen LogP contribution in [0.15, 0.2) is 60.7 Å². The third-order valence-corrected chi connectivity index (χ3v) is 9.73. The minimum Gasteiger partial charge on any atom is -0.497 e. The molecular formula is C36H42N2O9. The molecule has 0 bridgehead atoms. The summed E-state index contributed by atoms with van der Waals surface area (Å²) in [7, 11) is 2.96. The first kappa shape index (κ1) is 32.5. The topological polar surface area (TPSA) is 136 Å². The number of fused-ring (bicyclic) bond motifs is 2. The quantitative estimate of drug-likeness (QED) is 0.312. The van der Waals surface area contributed by atoms with Gasteiger partial charge < -0.3 is 44.1 Å². The Kier molecular flexibility index (Phi) is 9.20. The number of hydrogen-bond acceptors (Lipinski definition) is 9. The molecule has 0 aliphatic carbocycles. The van der Waals surface area contributed by atoms with E-state index in [4.69, 9.17) is 23.7 Å². The number of benzene rings is 3. The Bertz CT molecular complexity index is 1600. The van der Waals surface area contributed by atoms with E-state index >= 15 is 4.79 Å². The minimum atomic E-state index is -2.34. The van der Waals surface area contributed by atoms with E-state index < -0.39 is 35.6 Å². The predicted molar refractivity (Wildman–Crippen MR) is 171 cm³/mol. The zero-order valence-electron chi connectivity index (χ0n) is 27.1. The third-order valence-electron chi connectivity index (χ3n) is 9.73. The number of amides is 2. The lowest BCUT2D eigenvalue weighted by Gasteiger charge is -2.44. The van der Waals surface area contributed by atoms with E-state index in [1.165, 1.54) is 14.2 Å². The van der Waals surface area contributed by atoms with Crippen molar-refractivity contribution in [3.8, 4) is 28.7 Å². The van der Waals surface area contributed by atoms with Crippen LogP contribution in [0.25, 0.3) is 0 Å². The van der Waals surface area contributed by atoms with Gasteiger partial charge in [-0.25, -0.2) is 0 Å². The van der Waals surface area contributed by atoms with Crippen LogP contribution in [0.2, 0.25) is 0 Å². The van der Waals surface area contributed by atoms with Gasteiger partial charge in [0.15, 0.2) is 11.5 Å². The molecule has 0 radical (unpaired) electrons. The van der Waals surface area contributed by atoms with Crippen LogP contribution in [0.1, 0.15) is 61.8 Å². The Morgan fingerprint density at radius 3 is 2.47 bits per heavy atom. The molecule has 6 rings (SSSR count). The molecule has 0 spiro atoms. The summed E-state index contributed by atoms with van der Waals surface area (Å²) < 4.78 is 29.1. The van der Waals surface area contributed by atoms with E-state index in [2.05, 4.69) is 5.32 Å². The molecule has 6 atom stereocenters. The number of rotatable bonds is 9. The number of methoxy groups -OCH3 is 2. The van der Waals surface area contributed by atoms with Gasteiger partial charge in [-0.1, -0.05) is 56.3 Å². The molecule has 47 heavy (non-hydrogen) atoms. The van der Waals surface area contributed by atoms with E-state index in [1.807, 2.05) is 44.2 Å². The van der Waals surface area contributed by atoms with Crippen molar-refractivity contribution in [2.24, 2.45) is 11.8 Å². The van der Waals surface area contributed by atoms with Crippen LogP contribution in [0.4, 0.5) is 0 Å². The molecule has 11 heteroatoms. The number of carbonyl (C=O) groups is 2. The molecule has 3 heterocycles. The number of nitrogens with zero attached hydrogens (tertiary/aromatic N) is 1. The van der Waals surface area contributed by atoms with Crippen LogP contribution in [-0.2, 0) is 15.2 Å². The third kappa shape index (κ3) is 5.72. The molecular weight excluding hydrogens is 604 g/mol. The fraction of sp³-hybridized carbons (Fsp3) is 0.444. The number of nitrogens with one attached hydrogen (secondary N) is 1. The zero-order valence-corrected chi connectivity index (χ0v) is 27.1. The molecule has 0 aromatic heterocycles. The van der Waals surface area contributed by atoms with Gasteiger partial charge in [0, 0.05) is 24.4 Å². The van der Waals surface area contributed by atoms with Gasteiger partial charge in [0.2, 0.25) is 24.4 Å². The second kappa shape index (κ2) is 13.3. The largest absolute Gasteiger partial charge is 0.497 e. The van der Waals surface area contributed by atoms with Crippen molar-refractivity contribution in [2.75, 3.05) is 34.2 Å². The monoisotopic (exact) mass is 646 g/mol. The highest BCUT2D eigenvalue weighted by atomic mass is 16.7. The first-order chi connectivity index (χ1) is 22.7. The Hall–Kier alpha value is -4.48. The van der Waals surface area contributed by atoms with Crippen molar-refractivity contribution in [3.05, 3.63) is 77.4 Å². The summed E-state index contributed by atoms with van der Waals surface area (Å²) in [6, 6.07) is 17.6. The molecule has 11 nitrogen and oxygen atoms in total. The van der Waals surface area contributed by atoms with Crippen LogP contribution in [0.5, 0.6) is 28.7 Å². The molecule has 3 N–H and O–H groups in total. The molecule has 2 amide bonds. The summed E-state index contributed by atoms with van der Waals surface area (Å²) in [5.41, 5.74) is -1.19. The molecule has 1 saturated heterocycles. The van der Waals surface area contributed by atoms with Crippen LogP contribution in [0, 0.1) is 11.8 Å². The fourth-order valence-corrected chi connectivity index (χ4v) is 6.96. The first-order valence-corrected chi connectivity index (χ1v) is 16.1. The van der Waals surface area contributed by atoms with E-state index in [1.54, 1.807) is 35.2 Å². The maximum Gasteiger partial charge on any atom is 0.231 e. The standard InChI is InChI=1S/C36H42N2O9/c1-5-21(2)34(40)37-28-12-9-17-38(28)35(41)29-25(22-10-7-6-8-11-22)19-45-26-18-27-31(47-20-46-27)32(44-4)30(26)36(29,42)33(39)23-13-15-24(43-3)16-14-23/h6-8,10-11,13-16,18,21,25,28-29,33,39,42H,5,9,12,17,19-20H2,1-4H3,(H,37,40). The van der Waals surface area contributed by atoms with Gasteiger partial charge in [0.05, 0.1) is 32.3 Å². The van der Waals surface area contributed by atoms with Crippen molar-refractivity contribution in [3.63, 3.8) is 0 Å². The second-order valence-corrected chi connectivity index (χ2v) is 12.3. The van der Waals surface area contributed by atoms with Crippen LogP contribution >= 0.6 is 0 Å². The Labute approximate surface area is 274 Å². The number of carbonyl (C=O) groups excluding carboxylic acids is 2. The Balaban J connectivity index is 1.57. The Morgan fingerprint density at radius 2 is 1.79 bits per heavy atom. The van der Waals surface area contributed by atoms with E-state index in [0.717, 1.165) is 5.56 Å². The van der Waals surface area contributed by atoms with Crippen molar-refractivity contribution < 1.29 is 43.5 Å². The fourth-order valence-electron chi connectivity index (χ4n) is 6.96. The van der Waals surface area contributed by atoms with Gasteiger partial charge in [-0.15, -0.1) is 0 Å². The summed E-state index contributed by atoms with van der Waals surface area (Å²) in [6.07, 6.45) is -0.355. The van der Waals surface area contributed by atoms with E-state index in [-0.39, 0.29) is 48.0 Å². The van der Waals surface area contributed by atoms with Gasteiger partial charge in [0.25, 0.3) is 0 Å². The number of likely N-dealkylation sites (tertiary alicyclic amines) is 1. The highest BCUT2D eigenvalue weighted by Crippen LogP contribution is 2.60.